The van der Waals surface area contributed by atoms with Gasteiger partial charge < -0.3 is 0 Å². The van der Waals surface area contributed by atoms with Crippen LogP contribution >= 0.6 is 8.25 Å². The van der Waals surface area contributed by atoms with Gasteiger partial charge in [0.15, 0.2) is 0 Å². The first-order valence-electron chi connectivity index (χ1n) is 10.9. The van der Waals surface area contributed by atoms with Gasteiger partial charge in [-0.05, 0) is 13.8 Å². The van der Waals surface area contributed by atoms with Crippen molar-refractivity contribution in [1.29, 1.82) is 0 Å². The molecule has 0 rings (SSSR count). The van der Waals surface area contributed by atoms with Crippen molar-refractivity contribution in [3.63, 3.8) is 0 Å². The van der Waals surface area contributed by atoms with Gasteiger partial charge in [-0.2, -0.15) is 0 Å². The second kappa shape index (κ2) is 24.0. The van der Waals surface area contributed by atoms with E-state index in [4.69, 9.17) is 4.89 Å². The van der Waals surface area contributed by atoms with E-state index in [2.05, 4.69) is 18.4 Å². The van der Waals surface area contributed by atoms with Crippen molar-refractivity contribution in [2.45, 2.75) is 137 Å². The third kappa shape index (κ3) is 32.2. The predicted octanol–water partition coefficient (Wildman–Crippen LogP) is 8.33. The third-order valence-electron chi connectivity index (χ3n) is 4.26. The Labute approximate surface area is 159 Å². The highest BCUT2D eigenvalue weighted by molar-refractivity contribution is 7.32. The molecule has 3 nitrogen and oxygen atoms in total. The molecular formula is C21H46O3P+. The van der Waals surface area contributed by atoms with Gasteiger partial charge in [-0.3, -0.25) is 0 Å². The van der Waals surface area contributed by atoms with Gasteiger partial charge in [0.2, 0.25) is 0 Å². The lowest BCUT2D eigenvalue weighted by Gasteiger charge is -2.03. The monoisotopic (exact) mass is 377 g/mol. The van der Waals surface area contributed by atoms with Crippen LogP contribution in [0, 0.1) is 0 Å². The van der Waals surface area contributed by atoms with E-state index in [0.29, 0.717) is 0 Å². The van der Waals surface area contributed by atoms with Crippen molar-refractivity contribution < 1.29 is 14.0 Å². The summed E-state index contributed by atoms with van der Waals surface area (Å²) in [4.78, 5) is 8.01. The van der Waals surface area contributed by atoms with Crippen LogP contribution < -0.4 is 0 Å². The molecule has 1 unspecified atom stereocenters. The first-order chi connectivity index (χ1) is 12.0. The Morgan fingerprint density at radius 1 is 0.640 bits per heavy atom. The summed E-state index contributed by atoms with van der Waals surface area (Å²) in [6, 6.07) is 0. The maximum absolute atomic E-state index is 9.74. The molecular weight excluding hydrogens is 331 g/mol. The van der Waals surface area contributed by atoms with E-state index in [0.717, 1.165) is 0 Å². The standard InChI is InChI=1S/C18H38.C3H7O3P/c1-3-5-7-9-11-13-15-17-18-16-14-12-10-8-6-4-2;1-3(2)6-7(4)5/h3-18H2,1-2H3;3H,1-2H3/p+1. The SMILES string of the molecule is CC(C)O[P+](=O)O.CCCCCCCCCCCCCCCCCC. The van der Waals surface area contributed by atoms with E-state index < -0.39 is 8.25 Å². The lowest BCUT2D eigenvalue weighted by atomic mass is 10.0. The zero-order valence-electron chi connectivity index (χ0n) is 17.6. The summed E-state index contributed by atoms with van der Waals surface area (Å²) >= 11 is 0. The van der Waals surface area contributed by atoms with Gasteiger partial charge in [-0.15, -0.1) is 9.42 Å². The van der Waals surface area contributed by atoms with Crippen molar-refractivity contribution in [3.05, 3.63) is 0 Å². The van der Waals surface area contributed by atoms with Gasteiger partial charge in [0.1, 0.15) is 6.10 Å². The number of hydrogen-bond acceptors (Lipinski definition) is 2. The zero-order valence-corrected chi connectivity index (χ0v) is 18.5. The van der Waals surface area contributed by atoms with Crippen LogP contribution in [0.1, 0.15) is 130 Å². The quantitative estimate of drug-likeness (QED) is 0.205. The average Bonchev–Trinajstić information content (AvgIpc) is 2.54. The minimum Gasteiger partial charge on any atom is -0.133 e. The summed E-state index contributed by atoms with van der Waals surface area (Å²) in [5, 5.41) is 0. The minimum absolute atomic E-state index is 0.159. The molecule has 0 spiro atoms. The van der Waals surface area contributed by atoms with Crippen LogP contribution in [0.5, 0.6) is 0 Å². The molecule has 0 radical (unpaired) electrons. The van der Waals surface area contributed by atoms with E-state index in [1.807, 2.05) is 0 Å². The van der Waals surface area contributed by atoms with Gasteiger partial charge in [0.25, 0.3) is 0 Å². The van der Waals surface area contributed by atoms with Crippen LogP contribution in [-0.4, -0.2) is 11.0 Å². The molecule has 1 atom stereocenters. The lowest BCUT2D eigenvalue weighted by Crippen LogP contribution is -1.92. The molecule has 0 aliphatic heterocycles. The summed E-state index contributed by atoms with van der Waals surface area (Å²) in [6.07, 6.45) is 23.3. The summed E-state index contributed by atoms with van der Waals surface area (Å²) < 4.78 is 14.1. The molecule has 0 fully saturated rings. The number of unbranched alkanes of at least 4 members (excludes halogenated alkanes) is 15. The van der Waals surface area contributed by atoms with E-state index in [9.17, 15) is 4.57 Å². The van der Waals surface area contributed by atoms with Crippen molar-refractivity contribution in [2.24, 2.45) is 0 Å². The van der Waals surface area contributed by atoms with Crippen LogP contribution in [0.2, 0.25) is 0 Å². The maximum Gasteiger partial charge on any atom is 0.694 e. The molecule has 1 N–H and O–H groups in total. The highest BCUT2D eigenvalue weighted by atomic mass is 31.1. The first kappa shape index (κ1) is 27.2. The summed E-state index contributed by atoms with van der Waals surface area (Å²) in [6.45, 7) is 7.98. The Kier molecular flexibility index (Phi) is 26.2. The Bertz CT molecular complexity index is 242. The van der Waals surface area contributed by atoms with E-state index >= 15 is 0 Å². The van der Waals surface area contributed by atoms with Crippen LogP contribution in [0.25, 0.3) is 0 Å². The maximum atomic E-state index is 9.74. The minimum atomic E-state index is -2.39. The van der Waals surface area contributed by atoms with E-state index in [1.54, 1.807) is 13.8 Å². The fraction of sp³-hybridized carbons (Fsp3) is 1.00. The normalized spacial score (nSPS) is 11.4. The van der Waals surface area contributed by atoms with Gasteiger partial charge in [0, 0.05) is 4.57 Å². The zero-order chi connectivity index (χ0) is 19.2. The summed E-state index contributed by atoms with van der Waals surface area (Å²) in [5.41, 5.74) is 0. The van der Waals surface area contributed by atoms with Gasteiger partial charge in [-0.1, -0.05) is 117 Å². The molecule has 152 valence electrons. The Balaban J connectivity index is 0. The molecule has 0 aromatic carbocycles. The molecule has 0 aliphatic rings. The largest absolute Gasteiger partial charge is 0.694 e. The Morgan fingerprint density at radius 3 is 1.00 bits per heavy atom. The van der Waals surface area contributed by atoms with Crippen molar-refractivity contribution >= 4 is 8.25 Å². The molecule has 0 aliphatic carbocycles. The Hall–Kier alpha value is 0.0200. The van der Waals surface area contributed by atoms with Crippen LogP contribution in [0.3, 0.4) is 0 Å². The van der Waals surface area contributed by atoms with Crippen molar-refractivity contribution in [3.8, 4) is 0 Å². The molecule has 0 saturated heterocycles. The molecule has 0 bridgehead atoms. The average molecular weight is 378 g/mol. The first-order valence-corrected chi connectivity index (χ1v) is 12.0. The summed E-state index contributed by atoms with van der Waals surface area (Å²) in [5.74, 6) is 0. The van der Waals surface area contributed by atoms with E-state index in [-0.39, 0.29) is 6.10 Å². The van der Waals surface area contributed by atoms with Crippen molar-refractivity contribution in [2.75, 3.05) is 0 Å². The fourth-order valence-electron chi connectivity index (χ4n) is 2.80. The summed E-state index contributed by atoms with van der Waals surface area (Å²) in [7, 11) is -2.39. The fourth-order valence-corrected chi connectivity index (χ4v) is 3.16. The molecule has 0 aromatic heterocycles. The van der Waals surface area contributed by atoms with Gasteiger partial charge in [-0.25, -0.2) is 0 Å². The molecule has 0 amide bonds. The molecule has 0 heterocycles. The second-order valence-electron chi connectivity index (χ2n) is 7.34. The van der Waals surface area contributed by atoms with Gasteiger partial charge in [0.05, 0.1) is 0 Å². The molecule has 4 heteroatoms. The smallest absolute Gasteiger partial charge is 0.133 e. The van der Waals surface area contributed by atoms with Crippen LogP contribution in [-0.2, 0) is 9.09 Å². The van der Waals surface area contributed by atoms with E-state index in [1.165, 1.54) is 103 Å². The highest BCUT2D eigenvalue weighted by Crippen LogP contribution is 2.16. The third-order valence-corrected chi connectivity index (χ3v) is 4.86. The van der Waals surface area contributed by atoms with Crippen molar-refractivity contribution in [1.82, 2.24) is 0 Å². The highest BCUT2D eigenvalue weighted by Gasteiger charge is 2.13. The number of hydrogen-bond donors (Lipinski definition) is 1. The topological polar surface area (TPSA) is 46.5 Å². The van der Waals surface area contributed by atoms with Crippen LogP contribution in [0.15, 0.2) is 0 Å². The van der Waals surface area contributed by atoms with Gasteiger partial charge >= 0.3 is 8.25 Å². The molecule has 0 saturated carbocycles. The molecule has 0 aromatic rings. The Morgan fingerprint density at radius 2 is 0.880 bits per heavy atom. The lowest BCUT2D eigenvalue weighted by molar-refractivity contribution is 0.222. The second-order valence-corrected chi connectivity index (χ2v) is 8.03. The number of rotatable bonds is 17. The van der Waals surface area contributed by atoms with Crippen LogP contribution in [0.4, 0.5) is 0 Å². The predicted molar refractivity (Wildman–Crippen MR) is 111 cm³/mol. The molecule has 25 heavy (non-hydrogen) atoms.